The van der Waals surface area contributed by atoms with Crippen LogP contribution in [0, 0.1) is 0 Å². The lowest BCUT2D eigenvalue weighted by molar-refractivity contribution is -0.132. The van der Waals surface area contributed by atoms with Gasteiger partial charge in [-0.25, -0.2) is 40.4 Å². The number of hydrogen-bond acceptors (Lipinski definition) is 8. The lowest BCUT2D eigenvalue weighted by atomic mass is 10.0. The van der Waals surface area contributed by atoms with Gasteiger partial charge in [0.05, 0.1) is 38.0 Å². The van der Waals surface area contributed by atoms with Crippen molar-refractivity contribution in [2.45, 2.75) is 78.3 Å². The van der Waals surface area contributed by atoms with Crippen LogP contribution in [-0.2, 0) is 19.1 Å². The second-order valence-corrected chi connectivity index (χ2v) is 13.8. The van der Waals surface area contributed by atoms with Crippen molar-refractivity contribution in [2.75, 3.05) is 14.2 Å². The Labute approximate surface area is 314 Å². The number of H-pyrrole nitrogens is 2. The Balaban J connectivity index is 1.15. The van der Waals surface area contributed by atoms with Crippen molar-refractivity contribution in [3.63, 3.8) is 0 Å². The van der Waals surface area contributed by atoms with Crippen LogP contribution in [0.25, 0.3) is 44.8 Å². The smallest absolute Gasteiger partial charge is 0.425 e. The van der Waals surface area contributed by atoms with Gasteiger partial charge in [0.25, 0.3) is 11.8 Å². The molecule has 4 N–H and O–H groups in total. The van der Waals surface area contributed by atoms with Crippen LogP contribution in [-0.4, -0.2) is 80.3 Å². The molecule has 282 valence electrons. The quantitative estimate of drug-likeness (QED) is 0.133. The molecule has 0 radical (unpaired) electrons. The molecular formula is C40H46N8O6. The molecule has 54 heavy (non-hydrogen) atoms. The van der Waals surface area contributed by atoms with Gasteiger partial charge in [-0.15, -0.1) is 0 Å². The number of nitrogens with zero attached hydrogens (tertiary/aromatic N) is 4. The highest BCUT2D eigenvalue weighted by Crippen LogP contribution is 2.36. The van der Waals surface area contributed by atoms with E-state index in [4.69, 9.17) is 9.47 Å². The molecule has 2 aliphatic carbocycles. The molecule has 0 atom stereocenters. The highest BCUT2D eigenvalue weighted by molar-refractivity contribution is 6.03. The number of allylic oxidation sites excluding steroid dienone is 2. The third kappa shape index (κ3) is 7.92. The number of carbonyl (C=O) groups is 4. The number of amides is 4. The van der Waals surface area contributed by atoms with Crippen molar-refractivity contribution >= 4 is 35.1 Å². The molecular weight excluding hydrogens is 688 g/mol. The topological polar surface area (TPSA) is 175 Å². The fourth-order valence-electron chi connectivity index (χ4n) is 6.82. The molecule has 2 aromatic heterocycles. The van der Waals surface area contributed by atoms with Crippen molar-refractivity contribution in [1.29, 1.82) is 0 Å². The van der Waals surface area contributed by atoms with E-state index in [9.17, 15) is 19.2 Å². The van der Waals surface area contributed by atoms with Crippen LogP contribution in [0.3, 0.4) is 0 Å². The van der Waals surface area contributed by atoms with Crippen LogP contribution in [0.4, 0.5) is 9.59 Å². The van der Waals surface area contributed by atoms with E-state index in [1.54, 1.807) is 12.4 Å². The molecule has 2 heterocycles. The zero-order chi connectivity index (χ0) is 38.5. The average molecular weight is 735 g/mol. The molecule has 4 aromatic rings. The Hall–Kier alpha value is -6.18. The number of carbonyl (C=O) groups excluding carboxylic acids is 4. The number of aromatic amines is 2. The van der Waals surface area contributed by atoms with Gasteiger partial charge < -0.3 is 19.4 Å². The second-order valence-electron chi connectivity index (χ2n) is 13.8. The van der Waals surface area contributed by atoms with Gasteiger partial charge >= 0.3 is 12.2 Å². The zero-order valence-electron chi connectivity index (χ0n) is 31.4. The number of methoxy groups -OCH3 is 2. The summed E-state index contributed by atoms with van der Waals surface area (Å²) in [5.74, 6) is 0.769. The van der Waals surface area contributed by atoms with Crippen LogP contribution in [0.1, 0.15) is 77.9 Å². The van der Waals surface area contributed by atoms with Crippen LogP contribution < -0.4 is 10.9 Å². The lowest BCUT2D eigenvalue weighted by Gasteiger charge is -2.27. The fraction of sp³-hybridized carbons (Fsp3) is 0.350. The van der Waals surface area contributed by atoms with Crippen LogP contribution in [0.15, 0.2) is 72.1 Å². The molecule has 0 unspecified atom stereocenters. The number of aromatic nitrogens is 4. The minimum Gasteiger partial charge on any atom is -0.452 e. The van der Waals surface area contributed by atoms with Crippen molar-refractivity contribution in [3.8, 4) is 33.6 Å². The largest absolute Gasteiger partial charge is 0.452 e. The Kier molecular flexibility index (Phi) is 11.3. The van der Waals surface area contributed by atoms with E-state index in [1.807, 2.05) is 52.0 Å². The molecule has 0 fully saturated rings. The maximum absolute atomic E-state index is 13.5. The third-order valence-corrected chi connectivity index (χ3v) is 9.67. The fourth-order valence-corrected chi connectivity index (χ4v) is 6.82. The van der Waals surface area contributed by atoms with Crippen LogP contribution in [0.2, 0.25) is 0 Å². The van der Waals surface area contributed by atoms with E-state index in [1.165, 1.54) is 24.2 Å². The Bertz CT molecular complexity index is 1940. The number of hydrazine groups is 2. The monoisotopic (exact) mass is 734 g/mol. The average Bonchev–Trinajstić information content (AvgIpc) is 4.02. The minimum atomic E-state index is -0.696. The number of hydrogen-bond donors (Lipinski definition) is 4. The van der Waals surface area contributed by atoms with E-state index in [-0.39, 0.29) is 23.9 Å². The number of imidazole rings is 2. The van der Waals surface area contributed by atoms with Crippen LogP contribution >= 0.6 is 0 Å². The van der Waals surface area contributed by atoms with E-state index in [2.05, 4.69) is 55.1 Å². The summed E-state index contributed by atoms with van der Waals surface area (Å²) in [5, 5.41) is 2.61. The van der Waals surface area contributed by atoms with E-state index in [0.717, 1.165) is 57.6 Å². The number of nitrogens with one attached hydrogen (secondary N) is 4. The van der Waals surface area contributed by atoms with Gasteiger partial charge in [0.2, 0.25) is 0 Å². The van der Waals surface area contributed by atoms with Gasteiger partial charge in [-0.2, -0.15) is 0 Å². The van der Waals surface area contributed by atoms with Crippen molar-refractivity contribution < 1.29 is 28.7 Å². The molecule has 0 saturated heterocycles. The number of benzene rings is 2. The zero-order valence-corrected chi connectivity index (χ0v) is 31.4. The maximum Gasteiger partial charge on any atom is 0.425 e. The summed E-state index contributed by atoms with van der Waals surface area (Å²) in [6, 6.07) is 15.8. The highest BCUT2D eigenvalue weighted by atomic mass is 16.5. The molecule has 0 spiro atoms. The Morgan fingerprint density at radius 3 is 1.28 bits per heavy atom. The van der Waals surface area contributed by atoms with Gasteiger partial charge in [0.1, 0.15) is 11.6 Å². The first-order valence-corrected chi connectivity index (χ1v) is 18.1. The summed E-state index contributed by atoms with van der Waals surface area (Å²) in [6.07, 6.45) is 6.41. The van der Waals surface area contributed by atoms with Gasteiger partial charge in [-0.3, -0.25) is 9.59 Å². The minimum absolute atomic E-state index is 0.263. The summed E-state index contributed by atoms with van der Waals surface area (Å²) in [4.78, 5) is 66.8. The molecule has 0 bridgehead atoms. The predicted octanol–water partition coefficient (Wildman–Crippen LogP) is 7.02. The standard InChI is InChI=1S/C40H46N8O6/c1-23(2)47(45-39(51)53-5)37(49)31-11-7-9-29(31)35-41-21-33(43-35)27-17-13-25(14-18-27)26-15-19-28(20-16-26)34-22-42-36(44-34)30-10-8-12-32(30)38(50)48(24(3)4)46-40(52)54-6/h13-24H,7-12H2,1-6H3,(H,41,43)(H,42,44)(H,45,51)(H,46,52). The predicted molar refractivity (Wildman–Crippen MR) is 204 cm³/mol. The Morgan fingerprint density at radius 1 is 0.593 bits per heavy atom. The summed E-state index contributed by atoms with van der Waals surface area (Å²) < 4.78 is 9.42. The van der Waals surface area contributed by atoms with Crippen molar-refractivity contribution in [3.05, 3.63) is 83.7 Å². The normalized spacial score (nSPS) is 14.1. The van der Waals surface area contributed by atoms with Gasteiger partial charge in [0.15, 0.2) is 0 Å². The van der Waals surface area contributed by atoms with E-state index >= 15 is 0 Å². The summed E-state index contributed by atoms with van der Waals surface area (Å²) in [5.41, 5.74) is 13.7. The molecule has 0 saturated carbocycles. The molecule has 2 aromatic carbocycles. The van der Waals surface area contributed by atoms with E-state index in [0.29, 0.717) is 48.5 Å². The van der Waals surface area contributed by atoms with Crippen LogP contribution in [0.5, 0.6) is 0 Å². The lowest BCUT2D eigenvalue weighted by Crippen LogP contribution is -2.50. The molecule has 14 nitrogen and oxygen atoms in total. The Morgan fingerprint density at radius 2 is 0.944 bits per heavy atom. The van der Waals surface area contributed by atoms with Gasteiger partial charge in [0, 0.05) is 34.4 Å². The van der Waals surface area contributed by atoms with E-state index < -0.39 is 12.2 Å². The second kappa shape index (κ2) is 16.2. The van der Waals surface area contributed by atoms with Gasteiger partial charge in [-0.1, -0.05) is 48.5 Å². The third-order valence-electron chi connectivity index (χ3n) is 9.67. The van der Waals surface area contributed by atoms with Crippen molar-refractivity contribution in [2.24, 2.45) is 0 Å². The molecule has 4 amide bonds. The number of ether oxygens (including phenoxy) is 2. The summed E-state index contributed by atoms with van der Waals surface area (Å²) in [7, 11) is 2.52. The summed E-state index contributed by atoms with van der Waals surface area (Å²) >= 11 is 0. The maximum atomic E-state index is 13.5. The first kappa shape index (κ1) is 37.6. The first-order chi connectivity index (χ1) is 26.0. The molecule has 0 aliphatic heterocycles. The molecule has 2 aliphatic rings. The summed E-state index contributed by atoms with van der Waals surface area (Å²) in [6.45, 7) is 7.31. The van der Waals surface area contributed by atoms with Crippen molar-refractivity contribution in [1.82, 2.24) is 40.8 Å². The van der Waals surface area contributed by atoms with Gasteiger partial charge in [-0.05, 0) is 88.5 Å². The molecule has 6 rings (SSSR count). The first-order valence-electron chi connectivity index (χ1n) is 18.1. The highest BCUT2D eigenvalue weighted by Gasteiger charge is 2.31. The number of rotatable bonds is 9. The SMILES string of the molecule is COC(=O)NN(C(=O)C1=C(c2ncc(-c3ccc(-c4ccc(-c5cnc(C6=C(C(=O)N(NC(=O)OC)C(C)C)CCC6)[nH]5)cc4)cc3)[nH]2)CCC1)C(C)C. The molecule has 14 heteroatoms.